The molecular weight excluding hydrogens is 122 g/mol. The van der Waals surface area contributed by atoms with Crippen LogP contribution in [-0.2, 0) is 4.74 Å². The standard InChI is InChI=1S/C5H9NOS/c6-4-8-5-2-1-3-7-5/h1-2,5H,3-4,6H2/t5-/m1/s1. The van der Waals surface area contributed by atoms with Crippen molar-refractivity contribution in [2.75, 3.05) is 12.5 Å². The second-order valence-electron chi connectivity index (χ2n) is 1.46. The fourth-order valence-electron chi connectivity index (χ4n) is 0.571. The first kappa shape index (κ1) is 6.13. The molecule has 8 heavy (non-hydrogen) atoms. The largest absolute Gasteiger partial charge is 0.359 e. The highest BCUT2D eigenvalue weighted by Crippen LogP contribution is 2.15. The predicted molar refractivity (Wildman–Crippen MR) is 35.5 cm³/mol. The van der Waals surface area contributed by atoms with Gasteiger partial charge in [-0.1, -0.05) is 6.08 Å². The molecule has 1 atom stereocenters. The van der Waals surface area contributed by atoms with Crippen LogP contribution in [0.25, 0.3) is 0 Å². The zero-order chi connectivity index (χ0) is 5.82. The molecule has 3 heteroatoms. The summed E-state index contributed by atoms with van der Waals surface area (Å²) in [6.07, 6.45) is 4.03. The van der Waals surface area contributed by atoms with Gasteiger partial charge < -0.3 is 10.5 Å². The fraction of sp³-hybridized carbons (Fsp3) is 0.600. The Labute approximate surface area is 53.1 Å². The van der Waals surface area contributed by atoms with Gasteiger partial charge in [-0.25, -0.2) is 0 Å². The van der Waals surface area contributed by atoms with Gasteiger partial charge in [0.05, 0.1) is 6.61 Å². The Kier molecular flexibility index (Phi) is 2.39. The molecule has 0 amide bonds. The van der Waals surface area contributed by atoms with E-state index in [0.29, 0.717) is 5.88 Å². The average Bonchev–Trinajstić information content (AvgIpc) is 2.19. The van der Waals surface area contributed by atoms with E-state index in [0.717, 1.165) is 6.61 Å². The maximum absolute atomic E-state index is 5.26. The van der Waals surface area contributed by atoms with E-state index in [1.165, 1.54) is 0 Å². The van der Waals surface area contributed by atoms with Crippen molar-refractivity contribution in [3.63, 3.8) is 0 Å². The van der Waals surface area contributed by atoms with Crippen LogP contribution in [0.1, 0.15) is 0 Å². The molecule has 1 aliphatic heterocycles. The lowest BCUT2D eigenvalue weighted by Gasteiger charge is -2.03. The monoisotopic (exact) mass is 131 g/mol. The summed E-state index contributed by atoms with van der Waals surface area (Å²) in [6.45, 7) is 0.748. The van der Waals surface area contributed by atoms with Crippen LogP contribution in [0, 0.1) is 0 Å². The van der Waals surface area contributed by atoms with Crippen molar-refractivity contribution in [1.82, 2.24) is 0 Å². The van der Waals surface area contributed by atoms with E-state index in [2.05, 4.69) is 0 Å². The van der Waals surface area contributed by atoms with Gasteiger partial charge in [0.1, 0.15) is 5.44 Å². The van der Waals surface area contributed by atoms with Crippen LogP contribution in [0.2, 0.25) is 0 Å². The topological polar surface area (TPSA) is 35.2 Å². The van der Waals surface area contributed by atoms with E-state index in [1.54, 1.807) is 11.8 Å². The van der Waals surface area contributed by atoms with Gasteiger partial charge in [-0.2, -0.15) is 0 Å². The molecule has 0 aliphatic carbocycles. The zero-order valence-corrected chi connectivity index (χ0v) is 5.36. The summed E-state index contributed by atoms with van der Waals surface area (Å²) < 4.78 is 5.17. The van der Waals surface area contributed by atoms with Crippen molar-refractivity contribution in [2.24, 2.45) is 5.73 Å². The van der Waals surface area contributed by atoms with Gasteiger partial charge in [-0.05, 0) is 6.08 Å². The molecule has 1 rings (SSSR count). The first-order valence-electron chi connectivity index (χ1n) is 2.53. The molecule has 0 bridgehead atoms. The minimum atomic E-state index is 0.222. The van der Waals surface area contributed by atoms with Gasteiger partial charge >= 0.3 is 0 Å². The molecule has 0 spiro atoms. The molecule has 0 radical (unpaired) electrons. The Morgan fingerprint density at radius 2 is 2.75 bits per heavy atom. The number of hydrogen-bond donors (Lipinski definition) is 1. The maximum Gasteiger partial charge on any atom is 0.123 e. The summed E-state index contributed by atoms with van der Waals surface area (Å²) in [5.41, 5.74) is 5.48. The van der Waals surface area contributed by atoms with Crippen molar-refractivity contribution >= 4 is 11.8 Å². The lowest BCUT2D eigenvalue weighted by atomic mass is 10.6. The van der Waals surface area contributed by atoms with Crippen molar-refractivity contribution in [3.8, 4) is 0 Å². The third-order valence-corrected chi connectivity index (χ3v) is 1.72. The van der Waals surface area contributed by atoms with Gasteiger partial charge in [0.15, 0.2) is 0 Å². The highest BCUT2D eigenvalue weighted by molar-refractivity contribution is 7.99. The minimum Gasteiger partial charge on any atom is -0.359 e. The fourth-order valence-corrected chi connectivity index (χ4v) is 1.16. The normalized spacial score (nSPS) is 26.9. The number of ether oxygens (including phenoxy) is 1. The van der Waals surface area contributed by atoms with Crippen LogP contribution in [0.4, 0.5) is 0 Å². The van der Waals surface area contributed by atoms with Crippen molar-refractivity contribution in [2.45, 2.75) is 5.44 Å². The molecule has 46 valence electrons. The van der Waals surface area contributed by atoms with Crippen molar-refractivity contribution < 1.29 is 4.74 Å². The van der Waals surface area contributed by atoms with E-state index < -0.39 is 0 Å². The van der Waals surface area contributed by atoms with Gasteiger partial charge in [-0.15, -0.1) is 11.8 Å². The highest BCUT2D eigenvalue weighted by Gasteiger charge is 2.06. The molecule has 0 saturated carbocycles. The van der Waals surface area contributed by atoms with Gasteiger partial charge in [0.25, 0.3) is 0 Å². The quantitative estimate of drug-likeness (QED) is 0.439. The zero-order valence-electron chi connectivity index (χ0n) is 4.54. The summed E-state index contributed by atoms with van der Waals surface area (Å²) in [4.78, 5) is 0. The minimum absolute atomic E-state index is 0.222. The van der Waals surface area contributed by atoms with Gasteiger partial charge in [0, 0.05) is 5.88 Å². The van der Waals surface area contributed by atoms with E-state index in [4.69, 9.17) is 10.5 Å². The summed E-state index contributed by atoms with van der Waals surface area (Å²) in [7, 11) is 0. The average molecular weight is 131 g/mol. The lowest BCUT2D eigenvalue weighted by Crippen LogP contribution is -2.03. The smallest absolute Gasteiger partial charge is 0.123 e. The van der Waals surface area contributed by atoms with Gasteiger partial charge in [-0.3, -0.25) is 0 Å². The summed E-state index contributed by atoms with van der Waals surface area (Å²) in [5, 5.41) is 0. The molecule has 0 aromatic heterocycles. The van der Waals surface area contributed by atoms with Crippen LogP contribution in [0.15, 0.2) is 12.2 Å². The molecule has 0 aromatic carbocycles. The van der Waals surface area contributed by atoms with Crippen LogP contribution in [0.5, 0.6) is 0 Å². The Balaban J connectivity index is 2.16. The first-order chi connectivity index (χ1) is 3.93. The SMILES string of the molecule is NCS[C@@H]1C=CCO1. The maximum atomic E-state index is 5.26. The summed E-state index contributed by atoms with van der Waals surface area (Å²) in [6, 6.07) is 0. The molecule has 2 N–H and O–H groups in total. The Hall–Kier alpha value is 0.01000. The highest BCUT2D eigenvalue weighted by atomic mass is 32.2. The van der Waals surface area contributed by atoms with Gasteiger partial charge in [0.2, 0.25) is 0 Å². The number of nitrogens with two attached hydrogens (primary N) is 1. The van der Waals surface area contributed by atoms with Crippen molar-refractivity contribution in [3.05, 3.63) is 12.2 Å². The molecule has 0 unspecified atom stereocenters. The second kappa shape index (κ2) is 3.12. The molecule has 0 fully saturated rings. The third kappa shape index (κ3) is 1.51. The van der Waals surface area contributed by atoms with E-state index >= 15 is 0 Å². The van der Waals surface area contributed by atoms with E-state index in [1.807, 2.05) is 12.2 Å². The number of rotatable bonds is 2. The van der Waals surface area contributed by atoms with Crippen molar-refractivity contribution in [1.29, 1.82) is 0 Å². The molecular formula is C5H9NOS. The molecule has 0 aromatic rings. The predicted octanol–water partition coefficient (Wildman–Crippen LogP) is 0.548. The summed E-state index contributed by atoms with van der Waals surface area (Å²) >= 11 is 1.61. The molecule has 0 saturated heterocycles. The van der Waals surface area contributed by atoms with Crippen LogP contribution in [0.3, 0.4) is 0 Å². The third-order valence-electron chi connectivity index (χ3n) is 0.910. The summed E-state index contributed by atoms with van der Waals surface area (Å²) in [5.74, 6) is 0.634. The van der Waals surface area contributed by atoms with Crippen LogP contribution in [-0.4, -0.2) is 17.9 Å². The second-order valence-corrected chi connectivity index (χ2v) is 2.59. The first-order valence-corrected chi connectivity index (χ1v) is 3.58. The Morgan fingerprint density at radius 1 is 1.88 bits per heavy atom. The van der Waals surface area contributed by atoms with E-state index in [9.17, 15) is 0 Å². The van der Waals surface area contributed by atoms with E-state index in [-0.39, 0.29) is 5.44 Å². The lowest BCUT2D eigenvalue weighted by molar-refractivity contribution is 0.189. The number of hydrogen-bond acceptors (Lipinski definition) is 3. The number of thioether (sulfide) groups is 1. The molecule has 2 nitrogen and oxygen atoms in total. The van der Waals surface area contributed by atoms with Crippen LogP contribution >= 0.6 is 11.8 Å². The Morgan fingerprint density at radius 3 is 3.25 bits per heavy atom. The Bertz CT molecular complexity index is 94.4. The molecule has 1 aliphatic rings. The molecule has 1 heterocycles. The van der Waals surface area contributed by atoms with Crippen LogP contribution < -0.4 is 5.73 Å².